The Bertz CT molecular complexity index is 1310. The van der Waals surface area contributed by atoms with Crippen molar-refractivity contribution in [3.63, 3.8) is 0 Å². The number of ether oxygens (including phenoxy) is 1. The van der Waals surface area contributed by atoms with Gasteiger partial charge in [-0.25, -0.2) is 9.97 Å². The Labute approximate surface area is 240 Å². The summed E-state index contributed by atoms with van der Waals surface area (Å²) in [6.07, 6.45) is 0.497. The SMILES string of the molecule is C=C(Nc1cccc(C(F)(F)F)c1)OCCCc1nc(N(CCC)CCC)cc(N(C)/N=C/c2cccc(C)c2)n1. The van der Waals surface area contributed by atoms with Crippen molar-refractivity contribution in [2.75, 3.05) is 42.0 Å². The predicted molar refractivity (Wildman–Crippen MR) is 160 cm³/mol. The number of hydrogen-bond donors (Lipinski definition) is 1. The van der Waals surface area contributed by atoms with Gasteiger partial charge in [0.2, 0.25) is 0 Å². The van der Waals surface area contributed by atoms with E-state index >= 15 is 0 Å². The van der Waals surface area contributed by atoms with Gasteiger partial charge in [-0.15, -0.1) is 0 Å². The van der Waals surface area contributed by atoms with Crippen LogP contribution in [0.2, 0.25) is 0 Å². The van der Waals surface area contributed by atoms with Crippen LogP contribution in [0.3, 0.4) is 0 Å². The van der Waals surface area contributed by atoms with Crippen LogP contribution in [0, 0.1) is 6.92 Å². The van der Waals surface area contributed by atoms with Crippen LogP contribution in [-0.2, 0) is 17.3 Å². The van der Waals surface area contributed by atoms with Crippen LogP contribution in [0.4, 0.5) is 30.5 Å². The van der Waals surface area contributed by atoms with Gasteiger partial charge in [0.1, 0.15) is 11.6 Å². The number of nitrogens with one attached hydrogen (secondary N) is 1. The quantitative estimate of drug-likeness (QED) is 0.0890. The molecule has 0 saturated carbocycles. The first kappa shape index (κ1) is 31.4. The molecule has 220 valence electrons. The minimum Gasteiger partial charge on any atom is -0.479 e. The van der Waals surface area contributed by atoms with E-state index in [0.29, 0.717) is 31.1 Å². The van der Waals surface area contributed by atoms with Crippen molar-refractivity contribution < 1.29 is 17.9 Å². The van der Waals surface area contributed by atoms with E-state index in [2.05, 4.69) is 41.8 Å². The smallest absolute Gasteiger partial charge is 0.416 e. The van der Waals surface area contributed by atoms with E-state index in [9.17, 15) is 13.2 Å². The van der Waals surface area contributed by atoms with Gasteiger partial charge in [-0.3, -0.25) is 5.01 Å². The molecule has 0 atom stereocenters. The molecule has 0 saturated heterocycles. The van der Waals surface area contributed by atoms with E-state index in [1.54, 1.807) is 11.2 Å². The first-order chi connectivity index (χ1) is 19.6. The average molecular weight is 569 g/mol. The Balaban J connectivity index is 1.67. The number of aromatic nitrogens is 2. The van der Waals surface area contributed by atoms with Gasteiger partial charge in [-0.05, 0) is 56.5 Å². The molecule has 0 spiro atoms. The number of hydrazone groups is 1. The molecule has 1 heterocycles. The zero-order valence-corrected chi connectivity index (χ0v) is 24.2. The molecule has 0 aliphatic heterocycles. The van der Waals surface area contributed by atoms with Gasteiger partial charge in [0, 0.05) is 38.3 Å². The minimum absolute atomic E-state index is 0.168. The molecule has 0 bridgehead atoms. The topological polar surface area (TPSA) is 65.9 Å². The van der Waals surface area contributed by atoms with E-state index in [1.165, 1.54) is 12.1 Å². The number of halogens is 3. The fraction of sp³-hybridized carbons (Fsp3) is 0.387. The fourth-order valence-corrected chi connectivity index (χ4v) is 4.15. The molecule has 0 radical (unpaired) electrons. The largest absolute Gasteiger partial charge is 0.479 e. The molecular weight excluding hydrogens is 529 g/mol. The predicted octanol–water partition coefficient (Wildman–Crippen LogP) is 7.43. The maximum Gasteiger partial charge on any atom is 0.416 e. The highest BCUT2D eigenvalue weighted by molar-refractivity contribution is 5.80. The van der Waals surface area contributed by atoms with Crippen molar-refractivity contribution in [1.82, 2.24) is 9.97 Å². The number of anilines is 3. The summed E-state index contributed by atoms with van der Waals surface area (Å²) in [7, 11) is 1.86. The van der Waals surface area contributed by atoms with Gasteiger partial charge >= 0.3 is 6.18 Å². The number of nitrogens with zero attached hydrogens (tertiary/aromatic N) is 5. The Hall–Kier alpha value is -4.08. The molecule has 1 N–H and O–H groups in total. The van der Waals surface area contributed by atoms with E-state index in [-0.39, 0.29) is 11.6 Å². The summed E-state index contributed by atoms with van der Waals surface area (Å²) in [6, 6.07) is 15.0. The second-order valence-corrected chi connectivity index (χ2v) is 9.75. The standard InChI is InChI=1S/C31H39F3N6O/c1-6-16-40(17-7-2)30-21-29(39(5)35-22-25-12-8-11-23(3)19-25)37-28(38-30)15-10-18-41-24(4)36-27-14-9-13-26(20-27)31(32,33)34/h8-9,11-14,19-22,36H,4,6-7,10,15-18H2,1-3,5H3/b35-22+. The molecule has 0 amide bonds. The molecule has 7 nitrogen and oxygen atoms in total. The molecule has 3 rings (SSSR count). The van der Waals surface area contributed by atoms with Crippen molar-refractivity contribution in [2.45, 2.75) is 52.6 Å². The maximum atomic E-state index is 13.0. The Morgan fingerprint density at radius 1 is 1.02 bits per heavy atom. The first-order valence-electron chi connectivity index (χ1n) is 13.8. The highest BCUT2D eigenvalue weighted by Crippen LogP contribution is 2.31. The summed E-state index contributed by atoms with van der Waals surface area (Å²) in [6.45, 7) is 12.2. The second kappa shape index (κ2) is 15.1. The summed E-state index contributed by atoms with van der Waals surface area (Å²) in [4.78, 5) is 11.8. The molecule has 0 aliphatic rings. The Morgan fingerprint density at radius 2 is 1.73 bits per heavy atom. The molecule has 0 aliphatic carbocycles. The van der Waals surface area contributed by atoms with Crippen LogP contribution in [-0.4, -0.2) is 42.9 Å². The van der Waals surface area contributed by atoms with Crippen molar-refractivity contribution in [2.24, 2.45) is 5.10 Å². The molecule has 3 aromatic rings. The third-order valence-corrected chi connectivity index (χ3v) is 6.10. The molecule has 10 heteroatoms. The third kappa shape index (κ3) is 10.1. The van der Waals surface area contributed by atoms with Crippen molar-refractivity contribution >= 4 is 23.5 Å². The zero-order chi connectivity index (χ0) is 29.8. The van der Waals surface area contributed by atoms with Crippen LogP contribution >= 0.6 is 0 Å². The number of alkyl halides is 3. The second-order valence-electron chi connectivity index (χ2n) is 9.75. The van der Waals surface area contributed by atoms with Crippen LogP contribution < -0.4 is 15.2 Å². The summed E-state index contributed by atoms with van der Waals surface area (Å²) in [5, 5.41) is 9.13. The van der Waals surface area contributed by atoms with Gasteiger partial charge in [-0.1, -0.05) is 49.7 Å². The lowest BCUT2D eigenvalue weighted by Gasteiger charge is -2.24. The number of rotatable bonds is 15. The number of hydrogen-bond acceptors (Lipinski definition) is 7. The molecule has 41 heavy (non-hydrogen) atoms. The number of aryl methyl sites for hydroxylation is 2. The first-order valence-corrected chi connectivity index (χ1v) is 13.8. The Morgan fingerprint density at radius 3 is 2.41 bits per heavy atom. The summed E-state index contributed by atoms with van der Waals surface area (Å²) in [5.41, 5.74) is 1.68. The highest BCUT2D eigenvalue weighted by Gasteiger charge is 2.30. The van der Waals surface area contributed by atoms with Crippen molar-refractivity contribution in [1.29, 1.82) is 0 Å². The van der Waals surface area contributed by atoms with Gasteiger partial charge in [0.25, 0.3) is 0 Å². The highest BCUT2D eigenvalue weighted by atomic mass is 19.4. The van der Waals surface area contributed by atoms with Gasteiger partial charge < -0.3 is 15.0 Å². The normalized spacial score (nSPS) is 11.5. The zero-order valence-electron chi connectivity index (χ0n) is 24.2. The van der Waals surface area contributed by atoms with Crippen molar-refractivity contribution in [3.05, 3.63) is 89.6 Å². The van der Waals surface area contributed by atoms with E-state index in [4.69, 9.17) is 14.7 Å². The van der Waals surface area contributed by atoms with Crippen LogP contribution in [0.5, 0.6) is 0 Å². The summed E-state index contributed by atoms with van der Waals surface area (Å²) in [5.74, 6) is 2.36. The van der Waals surface area contributed by atoms with Gasteiger partial charge in [0.05, 0.1) is 18.4 Å². The van der Waals surface area contributed by atoms with Gasteiger partial charge in [0.15, 0.2) is 11.7 Å². The lowest BCUT2D eigenvalue weighted by atomic mass is 10.2. The lowest BCUT2D eigenvalue weighted by molar-refractivity contribution is -0.137. The molecule has 2 aromatic carbocycles. The van der Waals surface area contributed by atoms with Crippen LogP contribution in [0.25, 0.3) is 0 Å². The van der Waals surface area contributed by atoms with E-state index < -0.39 is 11.7 Å². The molecule has 0 fully saturated rings. The lowest BCUT2D eigenvalue weighted by Crippen LogP contribution is -2.27. The van der Waals surface area contributed by atoms with Crippen LogP contribution in [0.1, 0.15) is 55.6 Å². The van der Waals surface area contributed by atoms with Crippen LogP contribution in [0.15, 0.2) is 72.2 Å². The summed E-state index contributed by atoms with van der Waals surface area (Å²) >= 11 is 0. The average Bonchev–Trinajstić information content (AvgIpc) is 2.93. The number of benzene rings is 2. The Kier molecular flexibility index (Phi) is 11.6. The van der Waals surface area contributed by atoms with E-state index in [0.717, 1.165) is 55.0 Å². The third-order valence-electron chi connectivity index (χ3n) is 6.10. The van der Waals surface area contributed by atoms with Crippen molar-refractivity contribution in [3.8, 4) is 0 Å². The minimum atomic E-state index is -4.42. The summed E-state index contributed by atoms with van der Waals surface area (Å²) < 4.78 is 44.6. The molecule has 1 aromatic heterocycles. The van der Waals surface area contributed by atoms with E-state index in [1.807, 2.05) is 38.2 Å². The monoisotopic (exact) mass is 568 g/mol. The molecule has 0 unspecified atom stereocenters. The maximum absolute atomic E-state index is 13.0. The molecular formula is C31H39F3N6O. The van der Waals surface area contributed by atoms with Gasteiger partial charge in [-0.2, -0.15) is 18.3 Å². The fourth-order valence-electron chi connectivity index (χ4n) is 4.15.